The summed E-state index contributed by atoms with van der Waals surface area (Å²) >= 11 is 0. The van der Waals surface area contributed by atoms with Crippen molar-refractivity contribution in [1.82, 2.24) is 0 Å². The van der Waals surface area contributed by atoms with Gasteiger partial charge >= 0.3 is 5.97 Å². The van der Waals surface area contributed by atoms with Gasteiger partial charge in [0, 0.05) is 6.61 Å². The van der Waals surface area contributed by atoms with Crippen LogP contribution in [0.1, 0.15) is 79.1 Å². The molecule has 3 rings (SSSR count). The minimum atomic E-state index is -0.333. The van der Waals surface area contributed by atoms with E-state index in [-0.39, 0.29) is 28.8 Å². The van der Waals surface area contributed by atoms with Crippen LogP contribution in [-0.2, 0) is 9.53 Å². The van der Waals surface area contributed by atoms with Gasteiger partial charge in [-0.25, -0.2) is 0 Å². The number of aliphatic hydroxyl groups is 1. The zero-order valence-corrected chi connectivity index (χ0v) is 16.6. The number of allylic oxidation sites excluding steroid dienone is 2. The fraction of sp³-hybridized carbons (Fsp3) is 0.864. The van der Waals surface area contributed by atoms with Gasteiger partial charge in [-0.15, -0.1) is 0 Å². The van der Waals surface area contributed by atoms with Gasteiger partial charge in [0.2, 0.25) is 0 Å². The van der Waals surface area contributed by atoms with Gasteiger partial charge in [0.1, 0.15) is 0 Å². The summed E-state index contributed by atoms with van der Waals surface area (Å²) in [7, 11) is 0. The lowest BCUT2D eigenvalue weighted by Gasteiger charge is -2.58. The summed E-state index contributed by atoms with van der Waals surface area (Å²) in [6.07, 6.45) is 11.2. The van der Waals surface area contributed by atoms with Crippen LogP contribution in [0.3, 0.4) is 0 Å². The molecule has 0 aromatic rings. The Bertz CT molecular complexity index is 553. The van der Waals surface area contributed by atoms with Crippen LogP contribution < -0.4 is 0 Å². The third-order valence-electron chi connectivity index (χ3n) is 7.84. The predicted molar refractivity (Wildman–Crippen MR) is 100 cm³/mol. The fourth-order valence-electron chi connectivity index (χ4n) is 6.51. The number of carbonyl (C=O) groups excluding carboxylic acids is 1. The lowest BCUT2D eigenvalue weighted by atomic mass is 9.46. The van der Waals surface area contributed by atoms with Crippen LogP contribution in [0.2, 0.25) is 0 Å². The Morgan fingerprint density at radius 2 is 2.04 bits per heavy atom. The van der Waals surface area contributed by atoms with Gasteiger partial charge < -0.3 is 9.84 Å². The molecule has 0 aromatic carbocycles. The molecule has 5 unspecified atom stereocenters. The molecule has 5 atom stereocenters. The monoisotopic (exact) mass is 348 g/mol. The molecule has 0 heterocycles. The van der Waals surface area contributed by atoms with Gasteiger partial charge in [0.15, 0.2) is 0 Å². The van der Waals surface area contributed by atoms with Gasteiger partial charge in [-0.2, -0.15) is 0 Å². The highest BCUT2D eigenvalue weighted by Gasteiger charge is 2.58. The highest BCUT2D eigenvalue weighted by molar-refractivity contribution is 5.77. The SMILES string of the molecule is CCOC(=O)C1(C)CCCC2(C)C3=CCC(C)(CCO)CC3CCC12. The van der Waals surface area contributed by atoms with Crippen LogP contribution in [0.15, 0.2) is 11.6 Å². The van der Waals surface area contributed by atoms with Crippen molar-refractivity contribution in [2.75, 3.05) is 13.2 Å². The van der Waals surface area contributed by atoms with E-state index in [1.807, 2.05) is 6.92 Å². The van der Waals surface area contributed by atoms with Crippen molar-refractivity contribution >= 4 is 5.97 Å². The molecule has 2 fully saturated rings. The largest absolute Gasteiger partial charge is 0.466 e. The molecule has 2 saturated carbocycles. The normalized spacial score (nSPS) is 43.6. The number of hydrogen-bond acceptors (Lipinski definition) is 3. The maximum Gasteiger partial charge on any atom is 0.312 e. The Morgan fingerprint density at radius 1 is 1.28 bits per heavy atom. The van der Waals surface area contributed by atoms with E-state index >= 15 is 0 Å². The molecule has 0 aromatic heterocycles. The number of fused-ring (bicyclic) bond motifs is 3. The van der Waals surface area contributed by atoms with Crippen LogP contribution in [0, 0.1) is 28.1 Å². The van der Waals surface area contributed by atoms with Crippen molar-refractivity contribution in [3.05, 3.63) is 11.6 Å². The Morgan fingerprint density at radius 3 is 2.72 bits per heavy atom. The summed E-state index contributed by atoms with van der Waals surface area (Å²) < 4.78 is 5.49. The van der Waals surface area contributed by atoms with E-state index in [4.69, 9.17) is 4.74 Å². The van der Waals surface area contributed by atoms with Gasteiger partial charge in [-0.05, 0) is 81.5 Å². The van der Waals surface area contributed by atoms with Gasteiger partial charge in [0.05, 0.1) is 12.0 Å². The molecule has 3 heteroatoms. The molecule has 3 nitrogen and oxygen atoms in total. The maximum absolute atomic E-state index is 12.8. The second-order valence-corrected chi connectivity index (χ2v) is 9.59. The Hall–Kier alpha value is -0.830. The molecule has 0 radical (unpaired) electrons. The van der Waals surface area contributed by atoms with Crippen molar-refractivity contribution in [3.63, 3.8) is 0 Å². The van der Waals surface area contributed by atoms with E-state index in [0.717, 1.165) is 32.1 Å². The van der Waals surface area contributed by atoms with Gasteiger partial charge in [-0.1, -0.05) is 31.9 Å². The van der Waals surface area contributed by atoms with E-state index in [2.05, 4.69) is 26.8 Å². The molecule has 25 heavy (non-hydrogen) atoms. The molecular formula is C22H36O3. The van der Waals surface area contributed by atoms with E-state index in [9.17, 15) is 9.90 Å². The Labute approximate surface area is 153 Å². The van der Waals surface area contributed by atoms with Crippen LogP contribution in [0.25, 0.3) is 0 Å². The summed E-state index contributed by atoms with van der Waals surface area (Å²) in [5.74, 6) is 1.06. The third kappa shape index (κ3) is 3.07. The van der Waals surface area contributed by atoms with Gasteiger partial charge in [0.25, 0.3) is 0 Å². The second-order valence-electron chi connectivity index (χ2n) is 9.59. The Balaban J connectivity index is 1.91. The average Bonchev–Trinajstić information content (AvgIpc) is 2.54. The summed E-state index contributed by atoms with van der Waals surface area (Å²) in [5.41, 5.74) is 1.67. The Kier molecular flexibility index (Phi) is 5.09. The topological polar surface area (TPSA) is 46.5 Å². The summed E-state index contributed by atoms with van der Waals surface area (Å²) in [6.45, 7) is 9.57. The molecule has 3 aliphatic rings. The first kappa shape index (κ1) is 18.9. The molecule has 0 aliphatic heterocycles. The van der Waals surface area contributed by atoms with Crippen molar-refractivity contribution in [1.29, 1.82) is 0 Å². The smallest absolute Gasteiger partial charge is 0.312 e. The quantitative estimate of drug-likeness (QED) is 0.582. The molecule has 1 N–H and O–H groups in total. The second kappa shape index (κ2) is 6.72. The molecule has 0 spiro atoms. The van der Waals surface area contributed by atoms with Crippen molar-refractivity contribution in [3.8, 4) is 0 Å². The molecular weight excluding hydrogens is 312 g/mol. The number of aliphatic hydroxyl groups excluding tert-OH is 1. The van der Waals surface area contributed by atoms with Crippen molar-refractivity contribution < 1.29 is 14.6 Å². The molecule has 0 amide bonds. The van der Waals surface area contributed by atoms with E-state index < -0.39 is 0 Å². The summed E-state index contributed by atoms with van der Waals surface area (Å²) in [5, 5.41) is 9.43. The number of rotatable bonds is 4. The maximum atomic E-state index is 12.8. The first-order valence-electron chi connectivity index (χ1n) is 10.3. The molecule has 3 aliphatic carbocycles. The fourth-order valence-corrected chi connectivity index (χ4v) is 6.51. The van der Waals surface area contributed by atoms with Crippen molar-refractivity contribution in [2.24, 2.45) is 28.1 Å². The van der Waals surface area contributed by atoms with Crippen LogP contribution in [0.4, 0.5) is 0 Å². The van der Waals surface area contributed by atoms with Crippen LogP contribution >= 0.6 is 0 Å². The highest BCUT2D eigenvalue weighted by Crippen LogP contribution is 2.64. The van der Waals surface area contributed by atoms with E-state index in [1.165, 1.54) is 19.3 Å². The van der Waals surface area contributed by atoms with Crippen molar-refractivity contribution in [2.45, 2.75) is 79.1 Å². The van der Waals surface area contributed by atoms with Crippen LogP contribution in [0.5, 0.6) is 0 Å². The summed E-state index contributed by atoms with van der Waals surface area (Å²) in [4.78, 5) is 12.8. The number of carbonyl (C=O) groups is 1. The minimum absolute atomic E-state index is 0.0194. The lowest BCUT2D eigenvalue weighted by molar-refractivity contribution is -0.167. The number of ether oxygens (including phenoxy) is 1. The average molecular weight is 349 g/mol. The van der Waals surface area contributed by atoms with Crippen LogP contribution in [-0.4, -0.2) is 24.3 Å². The first-order chi connectivity index (χ1) is 11.8. The zero-order valence-electron chi connectivity index (χ0n) is 16.6. The number of esters is 1. The first-order valence-corrected chi connectivity index (χ1v) is 10.3. The molecule has 0 bridgehead atoms. The zero-order chi connectivity index (χ0) is 18.3. The van der Waals surface area contributed by atoms with Gasteiger partial charge in [-0.3, -0.25) is 4.79 Å². The molecule has 142 valence electrons. The lowest BCUT2D eigenvalue weighted by Crippen LogP contribution is -2.53. The summed E-state index contributed by atoms with van der Waals surface area (Å²) in [6, 6.07) is 0. The number of hydrogen-bond donors (Lipinski definition) is 1. The standard InChI is InChI=1S/C22H36O3/c1-5-25-19(24)22(4)11-6-10-21(3)17-9-12-20(2,13-14-23)15-16(17)7-8-18(21)22/h9,16,18,23H,5-8,10-15H2,1-4H3. The third-order valence-corrected chi connectivity index (χ3v) is 7.84. The highest BCUT2D eigenvalue weighted by atomic mass is 16.5. The van der Waals surface area contributed by atoms with E-state index in [1.54, 1.807) is 5.57 Å². The predicted octanol–water partition coefficient (Wildman–Crippen LogP) is 4.88. The van der Waals surface area contributed by atoms with E-state index in [0.29, 0.717) is 18.4 Å². The minimum Gasteiger partial charge on any atom is -0.466 e. The molecule has 0 saturated heterocycles.